The largest absolute Gasteiger partial charge is 0.467 e. The van der Waals surface area contributed by atoms with Gasteiger partial charge in [-0.2, -0.15) is 5.10 Å². The molecule has 0 aromatic carbocycles. The summed E-state index contributed by atoms with van der Waals surface area (Å²) in [4.78, 5) is 25.9. The van der Waals surface area contributed by atoms with Crippen molar-refractivity contribution < 1.29 is 19.4 Å². The summed E-state index contributed by atoms with van der Waals surface area (Å²) in [5.74, 6) is -0.520. The average Bonchev–Trinajstić information content (AvgIpc) is 3.18. The van der Waals surface area contributed by atoms with Crippen molar-refractivity contribution in [3.05, 3.63) is 24.5 Å². The summed E-state index contributed by atoms with van der Waals surface area (Å²) in [6.07, 6.45) is 8.86. The van der Waals surface area contributed by atoms with Gasteiger partial charge in [0.05, 0.1) is 32.1 Å². The van der Waals surface area contributed by atoms with Crippen molar-refractivity contribution in [2.75, 3.05) is 32.6 Å². The molecule has 0 saturated heterocycles. The summed E-state index contributed by atoms with van der Waals surface area (Å²) < 4.78 is 6.47. The molecule has 1 aromatic heterocycles. The van der Waals surface area contributed by atoms with Gasteiger partial charge < -0.3 is 25.4 Å². The lowest BCUT2D eigenvalue weighted by Gasteiger charge is -2.38. The summed E-state index contributed by atoms with van der Waals surface area (Å²) in [7, 11) is 3.03. The fourth-order valence-electron chi connectivity index (χ4n) is 3.88. The number of anilines is 1. The molecule has 31 heavy (non-hydrogen) atoms. The van der Waals surface area contributed by atoms with E-state index in [-0.39, 0.29) is 18.1 Å². The van der Waals surface area contributed by atoms with Crippen LogP contribution >= 0.6 is 0 Å². The lowest BCUT2D eigenvalue weighted by Crippen LogP contribution is -2.48. The molecule has 1 fully saturated rings. The third kappa shape index (κ3) is 7.27. The van der Waals surface area contributed by atoms with Crippen molar-refractivity contribution in [1.82, 2.24) is 20.0 Å². The van der Waals surface area contributed by atoms with Gasteiger partial charge in [-0.05, 0) is 50.0 Å². The van der Waals surface area contributed by atoms with Crippen molar-refractivity contribution in [2.45, 2.75) is 64.6 Å². The number of esters is 1. The van der Waals surface area contributed by atoms with Gasteiger partial charge in [0.15, 0.2) is 0 Å². The van der Waals surface area contributed by atoms with Gasteiger partial charge in [-0.1, -0.05) is 13.5 Å². The number of aliphatic hydroxyl groups excluding tert-OH is 1. The monoisotopic (exact) mass is 435 g/mol. The summed E-state index contributed by atoms with van der Waals surface area (Å²) in [6, 6.07) is -0.742. The van der Waals surface area contributed by atoms with Crippen molar-refractivity contribution in [3.63, 3.8) is 0 Å². The third-order valence-electron chi connectivity index (χ3n) is 6.12. The van der Waals surface area contributed by atoms with Crippen LogP contribution < -0.4 is 10.6 Å². The molecule has 1 saturated carbocycles. The SMILES string of the molecule is C=C(C)[C@@H](NC(=O)N(C)CCC1(C)CCC(Nc2cnn(CCO)c2)CC1)C(=O)OC. The highest BCUT2D eigenvalue weighted by Gasteiger charge is 2.32. The van der Waals surface area contributed by atoms with E-state index in [1.54, 1.807) is 29.7 Å². The summed E-state index contributed by atoms with van der Waals surface area (Å²) in [5, 5.41) is 19.5. The molecule has 0 aliphatic heterocycles. The topological polar surface area (TPSA) is 109 Å². The van der Waals surface area contributed by atoms with Crippen LogP contribution in [0.5, 0.6) is 0 Å². The Morgan fingerprint density at radius 2 is 2.13 bits per heavy atom. The Balaban J connectivity index is 1.78. The Hall–Kier alpha value is -2.55. The molecule has 1 aromatic rings. The number of carbonyl (C=O) groups excluding carboxylic acids is 2. The molecule has 9 heteroatoms. The Morgan fingerprint density at radius 3 is 2.71 bits per heavy atom. The first kappa shape index (κ1) is 24.7. The molecule has 0 bridgehead atoms. The molecule has 1 aliphatic carbocycles. The van der Waals surface area contributed by atoms with Crippen LogP contribution in [0.25, 0.3) is 0 Å². The number of hydrogen-bond donors (Lipinski definition) is 3. The standard InChI is InChI=1S/C22H37N5O4/c1-16(2)19(20(29)31-5)25-21(30)26(4)11-10-22(3)8-6-17(7-9-22)24-18-14-23-27(15-18)12-13-28/h14-15,17,19,24,28H,1,6-13H2,2-5H3,(H,25,30)/t17?,19-,22?/m1/s1. The first-order valence-electron chi connectivity index (χ1n) is 10.8. The van der Waals surface area contributed by atoms with Gasteiger partial charge in [-0.3, -0.25) is 4.68 Å². The minimum absolute atomic E-state index is 0.0753. The molecule has 2 rings (SSSR count). The van der Waals surface area contributed by atoms with Gasteiger partial charge in [0.25, 0.3) is 0 Å². The Kier molecular flexibility index (Phi) is 8.91. The van der Waals surface area contributed by atoms with Crippen LogP contribution in [0.4, 0.5) is 10.5 Å². The van der Waals surface area contributed by atoms with E-state index in [0.717, 1.165) is 37.8 Å². The van der Waals surface area contributed by atoms with E-state index in [1.807, 2.05) is 6.20 Å². The van der Waals surface area contributed by atoms with Crippen LogP contribution in [0.3, 0.4) is 0 Å². The molecule has 0 spiro atoms. The van der Waals surface area contributed by atoms with Crippen molar-refractivity contribution in [3.8, 4) is 0 Å². The number of nitrogens with zero attached hydrogens (tertiary/aromatic N) is 3. The van der Waals surface area contributed by atoms with E-state index in [9.17, 15) is 9.59 Å². The van der Waals surface area contributed by atoms with Crippen molar-refractivity contribution in [1.29, 1.82) is 0 Å². The predicted molar refractivity (Wildman–Crippen MR) is 120 cm³/mol. The minimum Gasteiger partial charge on any atom is -0.467 e. The molecule has 2 amide bonds. The maximum atomic E-state index is 12.5. The summed E-state index contributed by atoms with van der Waals surface area (Å²) in [5.41, 5.74) is 1.69. The molecule has 1 aliphatic rings. The molecule has 174 valence electrons. The zero-order valence-corrected chi connectivity index (χ0v) is 19.2. The number of hydrogen-bond acceptors (Lipinski definition) is 6. The van der Waals surface area contributed by atoms with E-state index in [4.69, 9.17) is 9.84 Å². The maximum absolute atomic E-state index is 12.5. The predicted octanol–water partition coefficient (Wildman–Crippen LogP) is 2.39. The van der Waals surface area contributed by atoms with Gasteiger partial charge >= 0.3 is 12.0 Å². The van der Waals surface area contributed by atoms with E-state index in [2.05, 4.69) is 29.2 Å². The molecular formula is C22H37N5O4. The number of amides is 2. The number of methoxy groups -OCH3 is 1. The van der Waals surface area contributed by atoms with Gasteiger partial charge in [0.1, 0.15) is 6.04 Å². The van der Waals surface area contributed by atoms with Gasteiger partial charge in [-0.15, -0.1) is 0 Å². The van der Waals surface area contributed by atoms with Crippen LogP contribution in [0.2, 0.25) is 0 Å². The zero-order chi connectivity index (χ0) is 23.0. The summed E-state index contributed by atoms with van der Waals surface area (Å²) in [6.45, 7) is 8.91. The molecule has 3 N–H and O–H groups in total. The first-order chi connectivity index (χ1) is 14.7. The second kappa shape index (κ2) is 11.2. The Bertz CT molecular complexity index is 755. The average molecular weight is 436 g/mol. The molecular weight excluding hydrogens is 398 g/mol. The fourth-order valence-corrected chi connectivity index (χ4v) is 3.88. The molecule has 1 atom stereocenters. The Morgan fingerprint density at radius 1 is 1.45 bits per heavy atom. The number of aromatic nitrogens is 2. The van der Waals surface area contributed by atoms with Crippen molar-refractivity contribution in [2.24, 2.45) is 5.41 Å². The third-order valence-corrected chi connectivity index (χ3v) is 6.12. The number of nitrogens with one attached hydrogen (secondary N) is 2. The lowest BCUT2D eigenvalue weighted by atomic mass is 9.72. The highest BCUT2D eigenvalue weighted by molar-refractivity contribution is 5.85. The highest BCUT2D eigenvalue weighted by Crippen LogP contribution is 2.39. The van der Waals surface area contributed by atoms with Crippen LogP contribution in [-0.4, -0.2) is 71.2 Å². The number of urea groups is 1. The quantitative estimate of drug-likeness (QED) is 0.385. The molecule has 0 unspecified atom stereocenters. The zero-order valence-electron chi connectivity index (χ0n) is 19.2. The maximum Gasteiger partial charge on any atom is 0.332 e. The van der Waals surface area contributed by atoms with E-state index in [1.165, 1.54) is 7.11 Å². The van der Waals surface area contributed by atoms with Gasteiger partial charge in [-0.25, -0.2) is 9.59 Å². The normalized spacial score (nSPS) is 21.8. The molecule has 1 heterocycles. The minimum atomic E-state index is -0.834. The van der Waals surface area contributed by atoms with Gasteiger partial charge in [0.2, 0.25) is 0 Å². The Labute approximate surface area is 184 Å². The smallest absolute Gasteiger partial charge is 0.332 e. The number of carbonyl (C=O) groups is 2. The van der Waals surface area contributed by atoms with E-state index in [0.29, 0.717) is 24.7 Å². The molecule has 9 nitrogen and oxygen atoms in total. The second-order valence-electron chi connectivity index (χ2n) is 8.87. The summed E-state index contributed by atoms with van der Waals surface area (Å²) >= 11 is 0. The van der Waals surface area contributed by atoms with Crippen LogP contribution in [-0.2, 0) is 16.1 Å². The van der Waals surface area contributed by atoms with Crippen LogP contribution in [0.15, 0.2) is 24.5 Å². The van der Waals surface area contributed by atoms with Crippen molar-refractivity contribution >= 4 is 17.7 Å². The number of rotatable bonds is 10. The lowest BCUT2D eigenvalue weighted by molar-refractivity contribution is -0.141. The number of aliphatic hydroxyl groups is 1. The van der Waals surface area contributed by atoms with Gasteiger partial charge in [0, 0.05) is 25.8 Å². The first-order valence-corrected chi connectivity index (χ1v) is 10.8. The van der Waals surface area contributed by atoms with Crippen LogP contribution in [0.1, 0.15) is 46.0 Å². The molecule has 0 radical (unpaired) electrons. The van der Waals surface area contributed by atoms with E-state index >= 15 is 0 Å². The fraction of sp³-hybridized carbons (Fsp3) is 0.682. The highest BCUT2D eigenvalue weighted by atomic mass is 16.5. The number of ether oxygens (including phenoxy) is 1. The van der Waals surface area contributed by atoms with Crippen LogP contribution in [0, 0.1) is 5.41 Å². The second-order valence-corrected chi connectivity index (χ2v) is 8.87. The van der Waals surface area contributed by atoms with E-state index < -0.39 is 12.0 Å².